The number of nitrogens with one attached hydrogen (secondary N) is 1. The van der Waals surface area contributed by atoms with Gasteiger partial charge in [0, 0.05) is 17.2 Å². The minimum atomic E-state index is -0.456. The predicted molar refractivity (Wildman–Crippen MR) is 117 cm³/mol. The van der Waals surface area contributed by atoms with E-state index in [2.05, 4.69) is 5.32 Å². The van der Waals surface area contributed by atoms with Crippen molar-refractivity contribution < 1.29 is 9.59 Å². The molecule has 0 atom stereocenters. The Morgan fingerprint density at radius 2 is 1.52 bits per heavy atom. The summed E-state index contributed by atoms with van der Waals surface area (Å²) < 4.78 is 0. The van der Waals surface area contributed by atoms with Gasteiger partial charge in [0.25, 0.3) is 5.91 Å². The molecule has 0 spiro atoms. The van der Waals surface area contributed by atoms with Gasteiger partial charge in [-0.1, -0.05) is 60.7 Å². The monoisotopic (exact) mass is 404 g/mol. The van der Waals surface area contributed by atoms with E-state index >= 15 is 0 Å². The number of aryl methyl sites for hydroxylation is 1. The second-order valence-electron chi connectivity index (χ2n) is 7.41. The van der Waals surface area contributed by atoms with Crippen molar-refractivity contribution in [3.05, 3.63) is 87.8 Å². The van der Waals surface area contributed by atoms with Gasteiger partial charge in [0.2, 0.25) is 5.91 Å². The number of carbonyl (C=O) groups excluding carboxylic acids is 2. The molecule has 3 N–H and O–H groups in total. The van der Waals surface area contributed by atoms with Crippen molar-refractivity contribution in [3.63, 3.8) is 0 Å². The lowest BCUT2D eigenvalue weighted by atomic mass is 9.88. The first kappa shape index (κ1) is 19.4. The molecular formula is C24H24N2O2S. The molecule has 4 nitrogen and oxygen atoms in total. The predicted octanol–water partition coefficient (Wildman–Crippen LogP) is 4.89. The van der Waals surface area contributed by atoms with Crippen molar-refractivity contribution in [2.45, 2.75) is 38.0 Å². The second kappa shape index (κ2) is 8.62. The van der Waals surface area contributed by atoms with Crippen LogP contribution in [-0.4, -0.2) is 11.8 Å². The first-order valence-electron chi connectivity index (χ1n) is 9.97. The van der Waals surface area contributed by atoms with Gasteiger partial charge >= 0.3 is 0 Å². The van der Waals surface area contributed by atoms with Crippen LogP contribution in [0.15, 0.2) is 60.7 Å². The Bertz CT molecular complexity index is 973. The minimum absolute atomic E-state index is 0.0518. The van der Waals surface area contributed by atoms with Gasteiger partial charge in [-0.25, -0.2) is 0 Å². The van der Waals surface area contributed by atoms with E-state index in [0.29, 0.717) is 17.0 Å². The lowest BCUT2D eigenvalue weighted by Crippen LogP contribution is -2.20. The Hall–Kier alpha value is -2.92. The number of anilines is 1. The van der Waals surface area contributed by atoms with Gasteiger partial charge in [-0.15, -0.1) is 11.3 Å². The molecule has 4 rings (SSSR count). The lowest BCUT2D eigenvalue weighted by Gasteiger charge is -2.18. The molecule has 148 valence electrons. The highest BCUT2D eigenvalue weighted by Gasteiger charge is 2.26. The van der Waals surface area contributed by atoms with Crippen LogP contribution >= 0.6 is 11.3 Å². The number of amides is 2. The van der Waals surface area contributed by atoms with Crippen LogP contribution in [0, 0.1) is 0 Å². The summed E-state index contributed by atoms with van der Waals surface area (Å²) in [6.45, 7) is 0. The highest BCUT2D eigenvalue weighted by Crippen LogP contribution is 2.38. The SMILES string of the molecule is NC(=O)c1c(NC(=O)CC(c2ccccc2)c2ccccc2)sc2c1CCCC2. The van der Waals surface area contributed by atoms with E-state index < -0.39 is 5.91 Å². The minimum Gasteiger partial charge on any atom is -0.365 e. The highest BCUT2D eigenvalue weighted by molar-refractivity contribution is 7.17. The van der Waals surface area contributed by atoms with Gasteiger partial charge < -0.3 is 11.1 Å². The fraction of sp³-hybridized carbons (Fsp3) is 0.250. The van der Waals surface area contributed by atoms with E-state index in [0.717, 1.165) is 42.4 Å². The molecule has 0 aliphatic heterocycles. The molecule has 5 heteroatoms. The Labute approximate surface area is 174 Å². The molecular weight excluding hydrogens is 380 g/mol. The molecule has 1 aliphatic carbocycles. The molecule has 29 heavy (non-hydrogen) atoms. The van der Waals surface area contributed by atoms with Crippen LogP contribution < -0.4 is 11.1 Å². The molecule has 0 unspecified atom stereocenters. The molecule has 2 aromatic carbocycles. The maximum absolute atomic E-state index is 13.0. The van der Waals surface area contributed by atoms with Crippen molar-refractivity contribution in [2.75, 3.05) is 5.32 Å². The number of fused-ring (bicyclic) bond motifs is 1. The largest absolute Gasteiger partial charge is 0.365 e. The van der Waals surface area contributed by atoms with Crippen LogP contribution in [0.25, 0.3) is 0 Å². The number of carbonyl (C=O) groups is 2. The normalized spacial score (nSPS) is 13.1. The first-order valence-corrected chi connectivity index (χ1v) is 10.8. The molecule has 0 saturated carbocycles. The Kier molecular flexibility index (Phi) is 5.76. The number of thiophene rings is 1. The summed E-state index contributed by atoms with van der Waals surface area (Å²) in [5.41, 5.74) is 9.39. The Morgan fingerprint density at radius 1 is 0.931 bits per heavy atom. The second-order valence-corrected chi connectivity index (χ2v) is 8.51. The van der Waals surface area contributed by atoms with E-state index in [4.69, 9.17) is 5.73 Å². The van der Waals surface area contributed by atoms with Crippen LogP contribution in [0.4, 0.5) is 5.00 Å². The Balaban J connectivity index is 1.60. The third-order valence-corrected chi connectivity index (χ3v) is 6.67. The van der Waals surface area contributed by atoms with E-state index in [-0.39, 0.29) is 11.8 Å². The summed E-state index contributed by atoms with van der Waals surface area (Å²) in [5, 5.41) is 3.60. The standard InChI is InChI=1S/C24H24N2O2S/c25-23(28)22-18-13-7-8-14-20(18)29-24(22)26-21(27)15-19(16-9-3-1-4-10-16)17-11-5-2-6-12-17/h1-6,9-12,19H,7-8,13-15H2,(H2,25,28)(H,26,27). The lowest BCUT2D eigenvalue weighted by molar-refractivity contribution is -0.116. The summed E-state index contributed by atoms with van der Waals surface area (Å²) in [7, 11) is 0. The number of hydrogen-bond acceptors (Lipinski definition) is 3. The van der Waals surface area contributed by atoms with Gasteiger partial charge in [0.05, 0.1) is 5.56 Å². The summed E-state index contributed by atoms with van der Waals surface area (Å²) >= 11 is 1.50. The average molecular weight is 405 g/mol. The van der Waals surface area contributed by atoms with Gasteiger partial charge in [-0.2, -0.15) is 0 Å². The summed E-state index contributed by atoms with van der Waals surface area (Å²) in [6.07, 6.45) is 4.28. The molecule has 1 aliphatic rings. The van der Waals surface area contributed by atoms with Crippen LogP contribution in [0.1, 0.15) is 57.1 Å². The average Bonchev–Trinajstić information content (AvgIpc) is 3.11. The number of nitrogens with two attached hydrogens (primary N) is 1. The molecule has 1 aromatic heterocycles. The van der Waals surface area contributed by atoms with Gasteiger partial charge in [0.1, 0.15) is 5.00 Å². The van der Waals surface area contributed by atoms with E-state index in [9.17, 15) is 9.59 Å². The quantitative estimate of drug-likeness (QED) is 0.614. The van der Waals surface area contributed by atoms with Crippen molar-refractivity contribution >= 4 is 28.2 Å². The number of hydrogen-bond donors (Lipinski definition) is 2. The van der Waals surface area contributed by atoms with E-state index in [1.807, 2.05) is 60.7 Å². The fourth-order valence-corrected chi connectivity index (χ4v) is 5.39. The van der Waals surface area contributed by atoms with Crippen molar-refractivity contribution in [2.24, 2.45) is 5.73 Å². The third kappa shape index (κ3) is 4.25. The Morgan fingerprint density at radius 3 is 2.10 bits per heavy atom. The number of primary amides is 1. The zero-order chi connectivity index (χ0) is 20.2. The topological polar surface area (TPSA) is 72.2 Å². The molecule has 0 radical (unpaired) electrons. The number of rotatable bonds is 6. The maximum Gasteiger partial charge on any atom is 0.251 e. The maximum atomic E-state index is 13.0. The summed E-state index contributed by atoms with van der Waals surface area (Å²) in [5.74, 6) is -0.616. The van der Waals surface area contributed by atoms with Gasteiger partial charge in [0.15, 0.2) is 0 Å². The van der Waals surface area contributed by atoms with Crippen LogP contribution in [0.5, 0.6) is 0 Å². The summed E-state index contributed by atoms with van der Waals surface area (Å²) in [4.78, 5) is 26.3. The van der Waals surface area contributed by atoms with Gasteiger partial charge in [-0.3, -0.25) is 9.59 Å². The van der Waals surface area contributed by atoms with Crippen molar-refractivity contribution in [3.8, 4) is 0 Å². The van der Waals surface area contributed by atoms with Crippen LogP contribution in [-0.2, 0) is 17.6 Å². The number of benzene rings is 2. The molecule has 2 amide bonds. The molecule has 0 fully saturated rings. The zero-order valence-electron chi connectivity index (χ0n) is 16.2. The molecule has 0 saturated heterocycles. The van der Waals surface area contributed by atoms with Crippen molar-refractivity contribution in [1.29, 1.82) is 0 Å². The van der Waals surface area contributed by atoms with E-state index in [1.165, 1.54) is 16.2 Å². The summed E-state index contributed by atoms with van der Waals surface area (Å²) in [6, 6.07) is 20.1. The van der Waals surface area contributed by atoms with Crippen molar-refractivity contribution in [1.82, 2.24) is 0 Å². The van der Waals surface area contributed by atoms with Crippen LogP contribution in [0.2, 0.25) is 0 Å². The first-order chi connectivity index (χ1) is 14.1. The van der Waals surface area contributed by atoms with Gasteiger partial charge in [-0.05, 0) is 42.4 Å². The third-order valence-electron chi connectivity index (χ3n) is 5.46. The molecule has 3 aromatic rings. The fourth-order valence-electron chi connectivity index (χ4n) is 4.08. The smallest absolute Gasteiger partial charge is 0.251 e. The molecule has 1 heterocycles. The van der Waals surface area contributed by atoms with E-state index in [1.54, 1.807) is 0 Å². The highest BCUT2D eigenvalue weighted by atomic mass is 32.1. The zero-order valence-corrected chi connectivity index (χ0v) is 17.0. The molecule has 0 bridgehead atoms. The van der Waals surface area contributed by atoms with Crippen LogP contribution in [0.3, 0.4) is 0 Å².